The van der Waals surface area contributed by atoms with Gasteiger partial charge in [0.1, 0.15) is 17.9 Å². The lowest BCUT2D eigenvalue weighted by molar-refractivity contribution is 0.300. The van der Waals surface area contributed by atoms with E-state index in [-0.39, 0.29) is 5.95 Å². The number of fused-ring (bicyclic) bond motifs is 1. The van der Waals surface area contributed by atoms with Crippen LogP contribution in [0.25, 0.3) is 11.2 Å². The number of thiophene rings is 1. The third-order valence-electron chi connectivity index (χ3n) is 2.49. The van der Waals surface area contributed by atoms with E-state index in [1.54, 1.807) is 18.4 Å². The van der Waals surface area contributed by atoms with Gasteiger partial charge in [0.15, 0.2) is 5.65 Å². The van der Waals surface area contributed by atoms with Gasteiger partial charge in [-0.3, -0.25) is 0 Å². The minimum Gasteiger partial charge on any atom is -0.496 e. The smallest absolute Gasteiger partial charge is 0.245 e. The predicted molar refractivity (Wildman–Crippen MR) is 71.3 cm³/mol. The van der Waals surface area contributed by atoms with Crippen LogP contribution in [0.15, 0.2) is 17.8 Å². The van der Waals surface area contributed by atoms with Crippen LogP contribution in [0.5, 0.6) is 11.6 Å². The summed E-state index contributed by atoms with van der Waals surface area (Å²) < 4.78 is 10.8. The molecular formula is C11H11N5O2S. The molecule has 3 aromatic heterocycles. The van der Waals surface area contributed by atoms with Gasteiger partial charge >= 0.3 is 0 Å². The molecule has 0 spiro atoms. The number of aromatic nitrogens is 4. The fourth-order valence-corrected chi connectivity index (χ4v) is 2.35. The number of rotatable bonds is 4. The Morgan fingerprint density at radius 2 is 2.32 bits per heavy atom. The van der Waals surface area contributed by atoms with Crippen molar-refractivity contribution in [2.75, 3.05) is 12.8 Å². The molecular weight excluding hydrogens is 266 g/mol. The summed E-state index contributed by atoms with van der Waals surface area (Å²) in [5.41, 5.74) is 6.73. The first kappa shape index (κ1) is 11.7. The van der Waals surface area contributed by atoms with Crippen molar-refractivity contribution in [1.29, 1.82) is 0 Å². The molecule has 0 bridgehead atoms. The molecule has 7 nitrogen and oxygen atoms in total. The summed E-state index contributed by atoms with van der Waals surface area (Å²) in [6.45, 7) is 0.387. The average molecular weight is 277 g/mol. The third-order valence-corrected chi connectivity index (χ3v) is 3.37. The van der Waals surface area contributed by atoms with Crippen LogP contribution in [-0.4, -0.2) is 27.0 Å². The molecule has 8 heteroatoms. The minimum atomic E-state index is 0.137. The predicted octanol–water partition coefficient (Wildman–Crippen LogP) is 1.58. The molecule has 0 aliphatic rings. The first-order valence-corrected chi connectivity index (χ1v) is 6.35. The number of aromatic amines is 1. The Kier molecular flexibility index (Phi) is 2.92. The monoisotopic (exact) mass is 277 g/mol. The van der Waals surface area contributed by atoms with E-state index in [9.17, 15) is 0 Å². The van der Waals surface area contributed by atoms with E-state index < -0.39 is 0 Å². The highest BCUT2D eigenvalue weighted by atomic mass is 32.1. The zero-order chi connectivity index (χ0) is 13.2. The summed E-state index contributed by atoms with van der Waals surface area (Å²) in [4.78, 5) is 16.0. The SMILES string of the molecule is COc1csc(COc2nc(N)nc3nc[nH]c23)c1. The van der Waals surface area contributed by atoms with Crippen LogP contribution >= 0.6 is 11.3 Å². The van der Waals surface area contributed by atoms with Crippen LogP contribution in [0.1, 0.15) is 4.88 Å². The molecule has 98 valence electrons. The Morgan fingerprint density at radius 1 is 1.42 bits per heavy atom. The Labute approximate surface area is 112 Å². The highest BCUT2D eigenvalue weighted by Crippen LogP contribution is 2.24. The van der Waals surface area contributed by atoms with Crippen LogP contribution in [0.3, 0.4) is 0 Å². The van der Waals surface area contributed by atoms with E-state index >= 15 is 0 Å². The second-order valence-electron chi connectivity index (χ2n) is 3.73. The van der Waals surface area contributed by atoms with Gasteiger partial charge in [-0.05, 0) is 6.07 Å². The molecule has 0 fully saturated rings. The first-order chi connectivity index (χ1) is 9.26. The molecule has 0 atom stereocenters. The van der Waals surface area contributed by atoms with Crippen molar-refractivity contribution in [2.24, 2.45) is 0 Å². The van der Waals surface area contributed by atoms with Gasteiger partial charge in [-0.15, -0.1) is 11.3 Å². The van der Waals surface area contributed by atoms with Crippen LogP contribution in [0, 0.1) is 0 Å². The summed E-state index contributed by atoms with van der Waals surface area (Å²) in [6, 6.07) is 1.92. The van der Waals surface area contributed by atoms with Gasteiger partial charge in [-0.1, -0.05) is 0 Å². The minimum absolute atomic E-state index is 0.137. The van der Waals surface area contributed by atoms with Crippen molar-refractivity contribution >= 4 is 28.4 Å². The summed E-state index contributed by atoms with van der Waals surface area (Å²) in [5, 5.41) is 1.92. The molecule has 0 unspecified atom stereocenters. The normalized spacial score (nSPS) is 10.8. The topological polar surface area (TPSA) is 98.9 Å². The maximum absolute atomic E-state index is 5.65. The molecule has 0 radical (unpaired) electrons. The van der Waals surface area contributed by atoms with Crippen molar-refractivity contribution in [1.82, 2.24) is 19.9 Å². The van der Waals surface area contributed by atoms with Gasteiger partial charge in [-0.25, -0.2) is 4.98 Å². The fourth-order valence-electron chi connectivity index (χ4n) is 1.61. The molecule has 0 saturated carbocycles. The van der Waals surface area contributed by atoms with E-state index in [1.165, 1.54) is 6.33 Å². The second-order valence-corrected chi connectivity index (χ2v) is 4.73. The maximum atomic E-state index is 5.65. The van der Waals surface area contributed by atoms with Gasteiger partial charge in [0.2, 0.25) is 11.8 Å². The molecule has 3 aromatic rings. The van der Waals surface area contributed by atoms with E-state index in [4.69, 9.17) is 15.2 Å². The van der Waals surface area contributed by atoms with E-state index in [0.717, 1.165) is 10.6 Å². The number of nitrogens with zero attached hydrogens (tertiary/aromatic N) is 3. The molecule has 19 heavy (non-hydrogen) atoms. The van der Waals surface area contributed by atoms with Crippen LogP contribution in [-0.2, 0) is 6.61 Å². The van der Waals surface area contributed by atoms with Crippen molar-refractivity contribution in [3.8, 4) is 11.6 Å². The van der Waals surface area contributed by atoms with Gasteiger partial charge in [0.05, 0.1) is 13.4 Å². The summed E-state index contributed by atoms with van der Waals surface area (Å²) in [7, 11) is 1.63. The third kappa shape index (κ3) is 2.29. The summed E-state index contributed by atoms with van der Waals surface area (Å²) in [6.07, 6.45) is 1.53. The number of nitrogens with two attached hydrogens (primary N) is 1. The van der Waals surface area contributed by atoms with Gasteiger partial charge < -0.3 is 20.2 Å². The summed E-state index contributed by atoms with van der Waals surface area (Å²) >= 11 is 1.55. The lowest BCUT2D eigenvalue weighted by atomic mass is 10.4. The van der Waals surface area contributed by atoms with Crippen LogP contribution in [0.4, 0.5) is 5.95 Å². The quantitative estimate of drug-likeness (QED) is 0.751. The van der Waals surface area contributed by atoms with Gasteiger partial charge in [0.25, 0.3) is 0 Å². The van der Waals surface area contributed by atoms with Crippen molar-refractivity contribution in [3.63, 3.8) is 0 Å². The number of ether oxygens (including phenoxy) is 2. The van der Waals surface area contributed by atoms with Crippen LogP contribution < -0.4 is 15.2 Å². The molecule has 3 heterocycles. The van der Waals surface area contributed by atoms with Gasteiger partial charge in [-0.2, -0.15) is 9.97 Å². The molecule has 0 aliphatic heterocycles. The zero-order valence-corrected chi connectivity index (χ0v) is 10.9. The maximum Gasteiger partial charge on any atom is 0.245 e. The van der Waals surface area contributed by atoms with E-state index in [0.29, 0.717) is 23.7 Å². The lowest BCUT2D eigenvalue weighted by Gasteiger charge is -2.04. The Hall–Kier alpha value is -2.35. The lowest BCUT2D eigenvalue weighted by Crippen LogP contribution is -2.01. The number of H-pyrrole nitrogens is 1. The van der Waals surface area contributed by atoms with Crippen molar-refractivity contribution in [3.05, 3.63) is 22.7 Å². The van der Waals surface area contributed by atoms with Crippen molar-refractivity contribution in [2.45, 2.75) is 6.61 Å². The molecule has 0 saturated heterocycles. The highest BCUT2D eigenvalue weighted by molar-refractivity contribution is 7.10. The number of methoxy groups -OCH3 is 1. The Balaban J connectivity index is 1.83. The highest BCUT2D eigenvalue weighted by Gasteiger charge is 2.10. The average Bonchev–Trinajstić information content (AvgIpc) is 3.03. The van der Waals surface area contributed by atoms with Crippen molar-refractivity contribution < 1.29 is 9.47 Å². The van der Waals surface area contributed by atoms with E-state index in [1.807, 2.05) is 11.4 Å². The number of hydrogen-bond acceptors (Lipinski definition) is 7. The molecule has 0 amide bonds. The molecule has 3 rings (SSSR count). The number of nitrogens with one attached hydrogen (secondary N) is 1. The van der Waals surface area contributed by atoms with E-state index in [2.05, 4.69) is 19.9 Å². The fraction of sp³-hybridized carbons (Fsp3) is 0.182. The molecule has 3 N–H and O–H groups in total. The summed E-state index contributed by atoms with van der Waals surface area (Å²) in [5.74, 6) is 1.35. The standard InChI is InChI=1S/C11H11N5O2S/c1-17-6-2-7(19-4-6)3-18-10-8-9(14-5-13-8)15-11(12)16-10/h2,4-5H,3H2,1H3,(H3,12,13,14,15,16). The second kappa shape index (κ2) is 4.73. The number of nitrogen functional groups attached to an aromatic ring is 1. The Bertz CT molecular complexity index is 708. The number of anilines is 1. The Morgan fingerprint density at radius 3 is 3.11 bits per heavy atom. The zero-order valence-electron chi connectivity index (χ0n) is 10.1. The van der Waals surface area contributed by atoms with Gasteiger partial charge in [0, 0.05) is 10.3 Å². The number of imidazole rings is 1. The molecule has 0 aliphatic carbocycles. The van der Waals surface area contributed by atoms with Crippen LogP contribution in [0.2, 0.25) is 0 Å². The largest absolute Gasteiger partial charge is 0.496 e. The molecule has 0 aromatic carbocycles. The first-order valence-electron chi connectivity index (χ1n) is 5.47. The number of hydrogen-bond donors (Lipinski definition) is 2.